The van der Waals surface area contributed by atoms with E-state index in [-0.39, 0.29) is 29.5 Å². The highest BCUT2D eigenvalue weighted by molar-refractivity contribution is 6.34. The first-order chi connectivity index (χ1) is 11.9. The molecule has 1 amide bonds. The summed E-state index contributed by atoms with van der Waals surface area (Å²) in [5, 5.41) is 3.00. The SMILES string of the molecule is CCOC(=O)c1ccc(NC(=O)Cc2ccc(OC)c(C)c2)cc1Cl. The van der Waals surface area contributed by atoms with Gasteiger partial charge in [0, 0.05) is 5.69 Å². The van der Waals surface area contributed by atoms with Crippen LogP contribution in [-0.2, 0) is 16.0 Å². The van der Waals surface area contributed by atoms with E-state index in [2.05, 4.69) is 5.32 Å². The Hall–Kier alpha value is -2.53. The third kappa shape index (κ3) is 4.97. The second-order valence-corrected chi connectivity index (χ2v) is 5.85. The molecule has 0 fully saturated rings. The number of amides is 1. The number of aryl methyl sites for hydroxylation is 1. The first-order valence-electron chi connectivity index (χ1n) is 7.84. The van der Waals surface area contributed by atoms with Gasteiger partial charge in [-0.3, -0.25) is 4.79 Å². The molecule has 0 saturated carbocycles. The summed E-state index contributed by atoms with van der Waals surface area (Å²) in [5.41, 5.74) is 2.64. The largest absolute Gasteiger partial charge is 0.496 e. The molecule has 0 aliphatic heterocycles. The lowest BCUT2D eigenvalue weighted by atomic mass is 10.1. The second kappa shape index (κ2) is 8.53. The summed E-state index contributed by atoms with van der Waals surface area (Å²) in [4.78, 5) is 23.9. The summed E-state index contributed by atoms with van der Waals surface area (Å²) in [7, 11) is 1.61. The summed E-state index contributed by atoms with van der Waals surface area (Å²) in [5.74, 6) is 0.120. The number of rotatable bonds is 6. The number of methoxy groups -OCH3 is 1. The molecule has 0 bridgehead atoms. The van der Waals surface area contributed by atoms with Crippen LogP contribution < -0.4 is 10.1 Å². The van der Waals surface area contributed by atoms with Crippen molar-refractivity contribution in [3.63, 3.8) is 0 Å². The molecular weight excluding hydrogens is 342 g/mol. The van der Waals surface area contributed by atoms with Crippen LogP contribution in [0.15, 0.2) is 36.4 Å². The van der Waals surface area contributed by atoms with Crippen LogP contribution in [0.1, 0.15) is 28.4 Å². The van der Waals surface area contributed by atoms with Crippen LogP contribution >= 0.6 is 11.6 Å². The summed E-state index contributed by atoms with van der Waals surface area (Å²) in [6, 6.07) is 10.3. The van der Waals surface area contributed by atoms with Crippen molar-refractivity contribution in [2.45, 2.75) is 20.3 Å². The Balaban J connectivity index is 2.04. The standard InChI is InChI=1S/C19H20ClNO4/c1-4-25-19(23)15-7-6-14(11-16(15)20)21-18(22)10-13-5-8-17(24-3)12(2)9-13/h5-9,11H,4,10H2,1-3H3,(H,21,22). The predicted molar refractivity (Wildman–Crippen MR) is 97.5 cm³/mol. The van der Waals surface area contributed by atoms with E-state index in [0.29, 0.717) is 5.69 Å². The van der Waals surface area contributed by atoms with Gasteiger partial charge < -0.3 is 14.8 Å². The number of nitrogens with one attached hydrogen (secondary N) is 1. The Kier molecular flexibility index (Phi) is 6.42. The molecule has 6 heteroatoms. The van der Waals surface area contributed by atoms with Gasteiger partial charge in [0.2, 0.25) is 5.91 Å². The molecule has 0 unspecified atom stereocenters. The smallest absolute Gasteiger partial charge is 0.339 e. The molecule has 0 atom stereocenters. The fourth-order valence-corrected chi connectivity index (χ4v) is 2.67. The summed E-state index contributed by atoms with van der Waals surface area (Å²) in [6.07, 6.45) is 0.224. The molecule has 0 aliphatic carbocycles. The zero-order valence-electron chi connectivity index (χ0n) is 14.4. The number of ether oxygens (including phenoxy) is 2. The molecular formula is C19H20ClNO4. The number of hydrogen-bond acceptors (Lipinski definition) is 4. The van der Waals surface area contributed by atoms with Gasteiger partial charge in [-0.1, -0.05) is 23.7 Å². The summed E-state index contributed by atoms with van der Waals surface area (Å²) in [6.45, 7) is 3.92. The average molecular weight is 362 g/mol. The van der Waals surface area contributed by atoms with Crippen molar-refractivity contribution in [2.24, 2.45) is 0 Å². The maximum Gasteiger partial charge on any atom is 0.339 e. The molecule has 132 valence electrons. The molecule has 0 radical (unpaired) electrons. The summed E-state index contributed by atoms with van der Waals surface area (Å²) >= 11 is 6.09. The number of benzene rings is 2. The van der Waals surface area contributed by atoms with Crippen LogP contribution in [0.3, 0.4) is 0 Å². The third-order valence-corrected chi connectivity index (χ3v) is 3.88. The zero-order valence-corrected chi connectivity index (χ0v) is 15.1. The van der Waals surface area contributed by atoms with Crippen LogP contribution in [0.5, 0.6) is 5.75 Å². The van der Waals surface area contributed by atoms with Gasteiger partial charge in [0.1, 0.15) is 5.75 Å². The molecule has 2 aromatic carbocycles. The van der Waals surface area contributed by atoms with Crippen molar-refractivity contribution in [3.8, 4) is 5.75 Å². The monoisotopic (exact) mass is 361 g/mol. The van der Waals surface area contributed by atoms with Gasteiger partial charge >= 0.3 is 5.97 Å². The minimum Gasteiger partial charge on any atom is -0.496 e. The Morgan fingerprint density at radius 2 is 1.92 bits per heavy atom. The maximum atomic E-state index is 12.2. The van der Waals surface area contributed by atoms with Crippen molar-refractivity contribution in [3.05, 3.63) is 58.1 Å². The third-order valence-electron chi connectivity index (χ3n) is 3.57. The number of hydrogen-bond donors (Lipinski definition) is 1. The number of esters is 1. The molecule has 2 rings (SSSR count). The number of carbonyl (C=O) groups excluding carboxylic acids is 2. The van der Waals surface area contributed by atoms with E-state index >= 15 is 0 Å². The molecule has 1 N–H and O–H groups in total. The Bertz CT molecular complexity index is 789. The van der Waals surface area contributed by atoms with Crippen LogP contribution in [-0.4, -0.2) is 25.6 Å². The van der Waals surface area contributed by atoms with Crippen molar-refractivity contribution in [2.75, 3.05) is 19.0 Å². The predicted octanol–water partition coefficient (Wildman–Crippen LogP) is 4.01. The molecule has 0 heterocycles. The Morgan fingerprint density at radius 3 is 2.52 bits per heavy atom. The minimum absolute atomic E-state index is 0.176. The lowest BCUT2D eigenvalue weighted by Gasteiger charge is -2.10. The van der Waals surface area contributed by atoms with E-state index in [1.54, 1.807) is 20.1 Å². The van der Waals surface area contributed by atoms with Crippen LogP contribution in [0.25, 0.3) is 0 Å². The minimum atomic E-state index is -0.487. The van der Waals surface area contributed by atoms with Gasteiger partial charge in [-0.05, 0) is 49.2 Å². The highest BCUT2D eigenvalue weighted by Gasteiger charge is 2.13. The van der Waals surface area contributed by atoms with Gasteiger partial charge in [0.15, 0.2) is 0 Å². The number of carbonyl (C=O) groups is 2. The molecule has 0 aliphatic rings. The highest BCUT2D eigenvalue weighted by Crippen LogP contribution is 2.23. The van der Waals surface area contributed by atoms with Gasteiger partial charge in [0.25, 0.3) is 0 Å². The normalized spacial score (nSPS) is 10.2. The fraction of sp³-hybridized carbons (Fsp3) is 0.263. The number of halogens is 1. The van der Waals surface area contributed by atoms with Crippen molar-refractivity contribution in [1.82, 2.24) is 0 Å². The molecule has 0 spiro atoms. The van der Waals surface area contributed by atoms with Crippen LogP contribution in [0, 0.1) is 6.92 Å². The van der Waals surface area contributed by atoms with E-state index in [0.717, 1.165) is 16.9 Å². The number of anilines is 1. The topological polar surface area (TPSA) is 64.6 Å². The lowest BCUT2D eigenvalue weighted by molar-refractivity contribution is -0.115. The second-order valence-electron chi connectivity index (χ2n) is 5.44. The van der Waals surface area contributed by atoms with Gasteiger partial charge in [-0.25, -0.2) is 4.79 Å². The van der Waals surface area contributed by atoms with E-state index in [4.69, 9.17) is 21.1 Å². The maximum absolute atomic E-state index is 12.2. The Labute approximate surface area is 151 Å². The van der Waals surface area contributed by atoms with Gasteiger partial charge in [-0.15, -0.1) is 0 Å². The molecule has 0 aromatic heterocycles. The lowest BCUT2D eigenvalue weighted by Crippen LogP contribution is -2.15. The van der Waals surface area contributed by atoms with E-state index < -0.39 is 5.97 Å². The molecule has 0 saturated heterocycles. The van der Waals surface area contributed by atoms with Crippen molar-refractivity contribution in [1.29, 1.82) is 0 Å². The molecule has 2 aromatic rings. The first kappa shape index (κ1) is 18.8. The van der Waals surface area contributed by atoms with Gasteiger partial charge in [-0.2, -0.15) is 0 Å². The van der Waals surface area contributed by atoms with Crippen molar-refractivity contribution >= 4 is 29.2 Å². The zero-order chi connectivity index (χ0) is 18.4. The van der Waals surface area contributed by atoms with Crippen LogP contribution in [0.2, 0.25) is 5.02 Å². The average Bonchev–Trinajstić information content (AvgIpc) is 2.55. The van der Waals surface area contributed by atoms with E-state index in [1.807, 2.05) is 25.1 Å². The first-order valence-corrected chi connectivity index (χ1v) is 8.22. The quantitative estimate of drug-likeness (QED) is 0.789. The van der Waals surface area contributed by atoms with E-state index in [9.17, 15) is 9.59 Å². The van der Waals surface area contributed by atoms with Gasteiger partial charge in [0.05, 0.1) is 30.7 Å². The van der Waals surface area contributed by atoms with E-state index in [1.165, 1.54) is 12.1 Å². The fourth-order valence-electron chi connectivity index (χ4n) is 2.41. The Morgan fingerprint density at radius 1 is 1.16 bits per heavy atom. The molecule has 25 heavy (non-hydrogen) atoms. The highest BCUT2D eigenvalue weighted by atomic mass is 35.5. The summed E-state index contributed by atoms with van der Waals surface area (Å²) < 4.78 is 10.1. The van der Waals surface area contributed by atoms with Crippen LogP contribution in [0.4, 0.5) is 5.69 Å². The van der Waals surface area contributed by atoms with Crippen molar-refractivity contribution < 1.29 is 19.1 Å². The molecule has 5 nitrogen and oxygen atoms in total.